The first kappa shape index (κ1) is 30.9. The SMILES string of the molecule is CC(C)(C)S(=O)(=O)CN(C(=O)CCc1ccccc1)[C@@H](Cc1cn(-c2ccc([N+](=O)[O-])cc2[N+](=O)[O-])cn1)C(=O)O. The number of carbonyl (C=O) groups is 2. The lowest BCUT2D eigenvalue weighted by atomic mass is 10.1. The zero-order valence-corrected chi connectivity index (χ0v) is 23.4. The number of aliphatic carboxylic acids is 1. The maximum Gasteiger partial charge on any atom is 0.326 e. The first-order valence-electron chi connectivity index (χ1n) is 12.4. The van der Waals surface area contributed by atoms with Crippen LogP contribution in [0.15, 0.2) is 61.1 Å². The van der Waals surface area contributed by atoms with Crippen LogP contribution in [-0.4, -0.2) is 66.4 Å². The van der Waals surface area contributed by atoms with Crippen LogP contribution in [0.5, 0.6) is 0 Å². The maximum atomic E-state index is 13.3. The second-order valence-corrected chi connectivity index (χ2v) is 12.9. The van der Waals surface area contributed by atoms with Gasteiger partial charge in [0.1, 0.15) is 17.6 Å². The first-order chi connectivity index (χ1) is 19.1. The van der Waals surface area contributed by atoms with Gasteiger partial charge >= 0.3 is 5.97 Å². The molecule has 1 amide bonds. The average molecular weight is 588 g/mol. The van der Waals surface area contributed by atoms with Gasteiger partial charge in [0.25, 0.3) is 11.4 Å². The Balaban J connectivity index is 1.95. The Morgan fingerprint density at radius 1 is 1.07 bits per heavy atom. The van der Waals surface area contributed by atoms with Gasteiger partial charge in [0.15, 0.2) is 9.84 Å². The van der Waals surface area contributed by atoms with E-state index in [0.717, 1.165) is 35.0 Å². The fourth-order valence-electron chi connectivity index (χ4n) is 3.87. The van der Waals surface area contributed by atoms with Gasteiger partial charge in [-0.3, -0.25) is 29.6 Å². The Bertz CT molecular complexity index is 1560. The molecule has 0 radical (unpaired) electrons. The monoisotopic (exact) mass is 587 g/mol. The zero-order valence-electron chi connectivity index (χ0n) is 22.5. The highest BCUT2D eigenvalue weighted by atomic mass is 32.2. The molecule has 0 aliphatic rings. The van der Waals surface area contributed by atoms with E-state index >= 15 is 0 Å². The molecule has 1 heterocycles. The highest BCUT2D eigenvalue weighted by Crippen LogP contribution is 2.28. The fourth-order valence-corrected chi connectivity index (χ4v) is 4.95. The van der Waals surface area contributed by atoms with Crippen molar-refractivity contribution in [3.8, 4) is 5.69 Å². The third kappa shape index (κ3) is 7.51. The Kier molecular flexibility index (Phi) is 9.22. The number of aromatic nitrogens is 2. The van der Waals surface area contributed by atoms with Gasteiger partial charge < -0.3 is 10.0 Å². The van der Waals surface area contributed by atoms with Gasteiger partial charge in [-0.1, -0.05) is 30.3 Å². The smallest absolute Gasteiger partial charge is 0.326 e. The van der Waals surface area contributed by atoms with Crippen LogP contribution < -0.4 is 0 Å². The Labute approximate surface area is 235 Å². The highest BCUT2D eigenvalue weighted by Gasteiger charge is 2.38. The van der Waals surface area contributed by atoms with E-state index < -0.39 is 66.0 Å². The van der Waals surface area contributed by atoms with Crippen LogP contribution in [0.4, 0.5) is 11.4 Å². The Morgan fingerprint density at radius 3 is 2.29 bits per heavy atom. The van der Waals surface area contributed by atoms with Crippen molar-refractivity contribution in [3.05, 3.63) is 92.5 Å². The fraction of sp³-hybridized carbons (Fsp3) is 0.346. The summed E-state index contributed by atoms with van der Waals surface area (Å²) in [5.41, 5.74) is -0.213. The summed E-state index contributed by atoms with van der Waals surface area (Å²) in [5, 5.41) is 32.7. The summed E-state index contributed by atoms with van der Waals surface area (Å²) in [6.07, 6.45) is 2.16. The summed E-state index contributed by atoms with van der Waals surface area (Å²) in [6.45, 7) is 4.34. The summed E-state index contributed by atoms with van der Waals surface area (Å²) >= 11 is 0. The minimum absolute atomic E-state index is 0.0580. The van der Waals surface area contributed by atoms with Crippen molar-refractivity contribution in [3.63, 3.8) is 0 Å². The predicted molar refractivity (Wildman–Crippen MR) is 147 cm³/mol. The molecule has 0 saturated carbocycles. The molecule has 0 aliphatic heterocycles. The van der Waals surface area contributed by atoms with Gasteiger partial charge in [0.05, 0.1) is 32.7 Å². The largest absolute Gasteiger partial charge is 0.480 e. The minimum atomic E-state index is -3.97. The van der Waals surface area contributed by atoms with Crippen molar-refractivity contribution in [2.24, 2.45) is 0 Å². The average Bonchev–Trinajstić information content (AvgIpc) is 3.37. The first-order valence-corrected chi connectivity index (χ1v) is 14.0. The van der Waals surface area contributed by atoms with Gasteiger partial charge in [-0.15, -0.1) is 0 Å². The number of amides is 1. The molecule has 1 N–H and O–H groups in total. The number of rotatable bonds is 12. The third-order valence-corrected chi connectivity index (χ3v) is 8.86. The van der Waals surface area contributed by atoms with Gasteiger partial charge in [-0.25, -0.2) is 18.2 Å². The van der Waals surface area contributed by atoms with Crippen LogP contribution in [0.2, 0.25) is 0 Å². The number of hydrogen-bond acceptors (Lipinski definition) is 9. The topological polar surface area (TPSA) is 196 Å². The van der Waals surface area contributed by atoms with E-state index in [-0.39, 0.29) is 24.2 Å². The molecule has 0 saturated heterocycles. The van der Waals surface area contributed by atoms with E-state index in [9.17, 15) is 43.3 Å². The molecule has 218 valence electrons. The van der Waals surface area contributed by atoms with Crippen LogP contribution in [0.3, 0.4) is 0 Å². The predicted octanol–water partition coefficient (Wildman–Crippen LogP) is 3.32. The van der Waals surface area contributed by atoms with E-state index in [1.807, 2.05) is 0 Å². The van der Waals surface area contributed by atoms with Crippen molar-refractivity contribution in [1.82, 2.24) is 14.5 Å². The number of carboxylic acid groups (broad SMARTS) is 1. The van der Waals surface area contributed by atoms with Crippen molar-refractivity contribution in [2.45, 2.75) is 50.8 Å². The molecule has 0 aliphatic carbocycles. The van der Waals surface area contributed by atoms with Crippen molar-refractivity contribution in [2.75, 3.05) is 5.88 Å². The van der Waals surface area contributed by atoms with Crippen LogP contribution in [-0.2, 0) is 32.3 Å². The summed E-state index contributed by atoms with van der Waals surface area (Å²) in [6, 6.07) is 10.4. The van der Waals surface area contributed by atoms with Crippen molar-refractivity contribution >= 4 is 33.1 Å². The van der Waals surface area contributed by atoms with Crippen LogP contribution in [0.1, 0.15) is 38.4 Å². The van der Waals surface area contributed by atoms with Gasteiger partial charge in [0, 0.05) is 25.1 Å². The molecule has 0 spiro atoms. The van der Waals surface area contributed by atoms with E-state index in [4.69, 9.17) is 0 Å². The van der Waals surface area contributed by atoms with E-state index in [2.05, 4.69) is 4.98 Å². The number of nitrogens with zero attached hydrogens (tertiary/aromatic N) is 5. The molecule has 2 aromatic carbocycles. The van der Waals surface area contributed by atoms with Crippen LogP contribution >= 0.6 is 0 Å². The number of carboxylic acids is 1. The van der Waals surface area contributed by atoms with Crippen LogP contribution in [0.25, 0.3) is 5.69 Å². The normalized spacial score (nSPS) is 12.5. The maximum absolute atomic E-state index is 13.3. The number of imidazole rings is 1. The lowest BCUT2D eigenvalue weighted by molar-refractivity contribution is -0.394. The molecule has 0 fully saturated rings. The second kappa shape index (κ2) is 12.2. The van der Waals surface area contributed by atoms with Gasteiger partial charge in [-0.2, -0.15) is 0 Å². The molecule has 3 aromatic rings. The molecule has 3 rings (SSSR count). The zero-order chi connectivity index (χ0) is 30.5. The van der Waals surface area contributed by atoms with E-state index in [1.54, 1.807) is 30.3 Å². The van der Waals surface area contributed by atoms with Gasteiger partial charge in [-0.05, 0) is 38.8 Å². The number of benzene rings is 2. The molecular weight excluding hydrogens is 558 g/mol. The molecular formula is C26H29N5O9S. The highest BCUT2D eigenvalue weighted by molar-refractivity contribution is 7.92. The molecule has 1 atom stereocenters. The Hall–Kier alpha value is -4.66. The molecule has 1 aromatic heterocycles. The number of hydrogen-bond donors (Lipinski definition) is 1. The number of carbonyl (C=O) groups excluding carboxylic acids is 1. The summed E-state index contributed by atoms with van der Waals surface area (Å²) in [7, 11) is -3.97. The third-order valence-electron chi connectivity index (χ3n) is 6.38. The van der Waals surface area contributed by atoms with E-state index in [0.29, 0.717) is 0 Å². The number of non-ortho nitro benzene ring substituents is 1. The van der Waals surface area contributed by atoms with E-state index in [1.165, 1.54) is 31.5 Å². The van der Waals surface area contributed by atoms with Gasteiger partial charge in [0.2, 0.25) is 5.91 Å². The quantitative estimate of drug-likeness (QED) is 0.242. The molecule has 0 unspecified atom stereocenters. The molecule has 0 bridgehead atoms. The number of nitro groups is 2. The summed E-state index contributed by atoms with van der Waals surface area (Å²) < 4.78 is 26.1. The molecule has 15 heteroatoms. The second-order valence-electron chi connectivity index (χ2n) is 10.2. The number of aryl methyl sites for hydroxylation is 1. The summed E-state index contributed by atoms with van der Waals surface area (Å²) in [4.78, 5) is 51.7. The van der Waals surface area contributed by atoms with Crippen molar-refractivity contribution in [1.29, 1.82) is 0 Å². The van der Waals surface area contributed by atoms with Crippen molar-refractivity contribution < 1.29 is 33.0 Å². The lowest BCUT2D eigenvalue weighted by Crippen LogP contribution is -2.51. The standard InChI is InChI=1S/C26H29N5O9S/c1-26(2,3)41(39,40)17-29(24(32)12-9-18-7-5-4-6-8-18)23(25(33)34)13-19-15-28(16-27-19)21-11-10-20(30(35)36)14-22(21)31(37)38/h4-8,10-11,14-16,23H,9,12-13,17H2,1-3H3,(H,33,34)/t23-/m0/s1. The summed E-state index contributed by atoms with van der Waals surface area (Å²) in [5.74, 6) is -2.98. The lowest BCUT2D eigenvalue weighted by Gasteiger charge is -2.31. The molecule has 41 heavy (non-hydrogen) atoms. The number of nitro benzene ring substituents is 2. The number of sulfone groups is 1. The minimum Gasteiger partial charge on any atom is -0.480 e. The molecule has 14 nitrogen and oxygen atoms in total. The van der Waals surface area contributed by atoms with Crippen LogP contribution in [0, 0.1) is 20.2 Å². The Morgan fingerprint density at radius 2 is 1.73 bits per heavy atom.